The minimum Gasteiger partial charge on any atom is -0.379 e. The molecule has 0 atom stereocenters. The highest BCUT2D eigenvalue weighted by Crippen LogP contribution is 2.22. The van der Waals surface area contributed by atoms with Crippen LogP contribution in [-0.2, 0) is 17.0 Å². The zero-order chi connectivity index (χ0) is 20.1. The maximum atomic E-state index is 13.0. The fourth-order valence-corrected chi connectivity index (χ4v) is 3.55. The molecule has 0 amide bonds. The molecule has 0 N–H and O–H groups in total. The zero-order valence-electron chi connectivity index (χ0n) is 16.7. The molecule has 0 spiro atoms. The van der Waals surface area contributed by atoms with Crippen molar-refractivity contribution in [2.24, 2.45) is 0 Å². The van der Waals surface area contributed by atoms with Gasteiger partial charge in [-0.1, -0.05) is 42.9 Å². The molecule has 0 saturated carbocycles. The summed E-state index contributed by atoms with van der Waals surface area (Å²) in [5.74, 6) is 1.89. The molecule has 3 aromatic rings. The highest BCUT2D eigenvalue weighted by molar-refractivity contribution is 7.98. The fourth-order valence-electron chi connectivity index (χ4n) is 2.68. The van der Waals surface area contributed by atoms with E-state index in [0.29, 0.717) is 46.7 Å². The molecule has 2 aromatic heterocycles. The van der Waals surface area contributed by atoms with E-state index in [1.165, 1.54) is 11.8 Å². The first-order valence-corrected chi connectivity index (χ1v) is 10.5. The van der Waals surface area contributed by atoms with Crippen molar-refractivity contribution in [2.75, 3.05) is 6.61 Å². The Morgan fingerprint density at radius 2 is 1.96 bits per heavy atom. The molecule has 0 saturated heterocycles. The number of ether oxygens (including phenoxy) is 1. The smallest absolute Gasteiger partial charge is 0.262 e. The first-order valence-electron chi connectivity index (χ1n) is 9.52. The Balaban J connectivity index is 1.83. The third-order valence-electron chi connectivity index (χ3n) is 4.13. The number of fused-ring (bicyclic) bond motifs is 1. The minimum absolute atomic E-state index is 0.0361. The molecule has 1 aromatic carbocycles. The van der Waals surface area contributed by atoms with Crippen LogP contribution < -0.4 is 5.56 Å². The van der Waals surface area contributed by atoms with Crippen molar-refractivity contribution in [3.63, 3.8) is 0 Å². The number of benzene rings is 1. The van der Waals surface area contributed by atoms with E-state index < -0.39 is 0 Å². The molecular formula is C20H26N4O3S. The molecule has 0 aliphatic rings. The molecule has 3 rings (SSSR count). The Hall–Kier alpha value is -2.19. The number of thioether (sulfide) groups is 1. The molecule has 0 bridgehead atoms. The summed E-state index contributed by atoms with van der Waals surface area (Å²) in [6.07, 6.45) is 0.914. The standard InChI is InChI=1S/C20H26N4O3S/c1-13(2)18-22-17(27-23-18)12-28-20-21-16-9-6-5-8-15(16)19(25)24(20)10-7-11-26-14(3)4/h5-6,8-9,13-14H,7,10-12H2,1-4H3. The van der Waals surface area contributed by atoms with E-state index in [1.54, 1.807) is 4.57 Å². The van der Waals surface area contributed by atoms with E-state index in [4.69, 9.17) is 14.2 Å². The van der Waals surface area contributed by atoms with Gasteiger partial charge in [0.2, 0.25) is 5.89 Å². The largest absolute Gasteiger partial charge is 0.379 e. The third-order valence-corrected chi connectivity index (χ3v) is 5.09. The van der Waals surface area contributed by atoms with Gasteiger partial charge in [-0.25, -0.2) is 4.98 Å². The molecule has 0 aliphatic heterocycles. The average Bonchev–Trinajstić information content (AvgIpc) is 3.14. The van der Waals surface area contributed by atoms with Gasteiger partial charge in [-0.2, -0.15) is 4.98 Å². The zero-order valence-corrected chi connectivity index (χ0v) is 17.5. The van der Waals surface area contributed by atoms with Gasteiger partial charge in [-0.15, -0.1) is 0 Å². The van der Waals surface area contributed by atoms with Crippen molar-refractivity contribution in [3.8, 4) is 0 Å². The van der Waals surface area contributed by atoms with Gasteiger partial charge in [0.1, 0.15) is 0 Å². The summed E-state index contributed by atoms with van der Waals surface area (Å²) in [6, 6.07) is 7.41. The van der Waals surface area contributed by atoms with Crippen LogP contribution in [0.1, 0.15) is 51.7 Å². The van der Waals surface area contributed by atoms with Gasteiger partial charge < -0.3 is 9.26 Å². The number of hydrogen-bond acceptors (Lipinski definition) is 7. The number of hydrogen-bond donors (Lipinski definition) is 0. The van der Waals surface area contributed by atoms with E-state index in [2.05, 4.69) is 10.1 Å². The Labute approximate surface area is 168 Å². The average molecular weight is 403 g/mol. The summed E-state index contributed by atoms with van der Waals surface area (Å²) in [5, 5.41) is 5.26. The van der Waals surface area contributed by atoms with E-state index in [1.807, 2.05) is 52.0 Å². The molecular weight excluding hydrogens is 376 g/mol. The minimum atomic E-state index is -0.0361. The van der Waals surface area contributed by atoms with Crippen LogP contribution in [0.4, 0.5) is 0 Å². The third kappa shape index (κ3) is 4.99. The number of aromatic nitrogens is 4. The van der Waals surface area contributed by atoms with Gasteiger partial charge in [0.25, 0.3) is 5.56 Å². The monoisotopic (exact) mass is 402 g/mol. The first kappa shape index (κ1) is 20.5. The predicted octanol–water partition coefficient (Wildman–Crippen LogP) is 4.01. The maximum absolute atomic E-state index is 13.0. The lowest BCUT2D eigenvalue weighted by atomic mass is 10.2. The quantitative estimate of drug-likeness (QED) is 0.304. The van der Waals surface area contributed by atoms with Gasteiger partial charge in [0.05, 0.1) is 22.8 Å². The number of para-hydroxylation sites is 1. The highest BCUT2D eigenvalue weighted by Gasteiger charge is 2.15. The summed E-state index contributed by atoms with van der Waals surface area (Å²) in [5.41, 5.74) is 0.657. The van der Waals surface area contributed by atoms with Crippen LogP contribution in [-0.4, -0.2) is 32.4 Å². The van der Waals surface area contributed by atoms with E-state index in [0.717, 1.165) is 6.42 Å². The predicted molar refractivity (Wildman–Crippen MR) is 110 cm³/mol. The van der Waals surface area contributed by atoms with Crippen LogP contribution in [0.5, 0.6) is 0 Å². The van der Waals surface area contributed by atoms with Crippen LogP contribution in [0.25, 0.3) is 10.9 Å². The highest BCUT2D eigenvalue weighted by atomic mass is 32.2. The molecule has 28 heavy (non-hydrogen) atoms. The molecule has 7 nitrogen and oxygen atoms in total. The summed E-state index contributed by atoms with van der Waals surface area (Å²) in [6.45, 7) is 9.18. The van der Waals surface area contributed by atoms with Gasteiger partial charge in [0.15, 0.2) is 11.0 Å². The van der Waals surface area contributed by atoms with Crippen molar-refractivity contribution in [3.05, 3.63) is 46.3 Å². The molecule has 0 fully saturated rings. The second-order valence-corrected chi connectivity index (χ2v) is 8.07. The summed E-state index contributed by atoms with van der Waals surface area (Å²) in [7, 11) is 0. The lowest BCUT2D eigenvalue weighted by Crippen LogP contribution is -2.24. The van der Waals surface area contributed by atoms with Crippen LogP contribution in [0.2, 0.25) is 0 Å². The molecule has 0 aliphatic carbocycles. The van der Waals surface area contributed by atoms with E-state index in [9.17, 15) is 4.79 Å². The number of rotatable bonds is 9. The molecule has 8 heteroatoms. The molecule has 0 radical (unpaired) electrons. The molecule has 2 heterocycles. The normalized spacial score (nSPS) is 11.8. The second-order valence-electron chi connectivity index (χ2n) is 7.13. The van der Waals surface area contributed by atoms with Crippen molar-refractivity contribution < 1.29 is 9.26 Å². The van der Waals surface area contributed by atoms with Crippen LogP contribution in [0.15, 0.2) is 38.7 Å². The Morgan fingerprint density at radius 1 is 1.18 bits per heavy atom. The summed E-state index contributed by atoms with van der Waals surface area (Å²) >= 11 is 1.43. The van der Waals surface area contributed by atoms with E-state index >= 15 is 0 Å². The van der Waals surface area contributed by atoms with Crippen LogP contribution in [0.3, 0.4) is 0 Å². The fraction of sp³-hybridized carbons (Fsp3) is 0.500. The first-order chi connectivity index (χ1) is 13.5. The van der Waals surface area contributed by atoms with Gasteiger partial charge >= 0.3 is 0 Å². The lowest BCUT2D eigenvalue weighted by molar-refractivity contribution is 0.0743. The second kappa shape index (κ2) is 9.34. The summed E-state index contributed by atoms with van der Waals surface area (Å²) < 4.78 is 12.6. The van der Waals surface area contributed by atoms with Crippen LogP contribution in [0, 0.1) is 0 Å². The topological polar surface area (TPSA) is 83.0 Å². The SMILES string of the molecule is CC(C)OCCCn1c(SCc2nc(C(C)C)no2)nc2ccccc2c1=O. The van der Waals surface area contributed by atoms with Crippen molar-refractivity contribution in [2.45, 2.75) is 63.6 Å². The van der Waals surface area contributed by atoms with Crippen molar-refractivity contribution >= 4 is 22.7 Å². The molecule has 0 unspecified atom stereocenters. The Kier molecular flexibility index (Phi) is 6.85. The van der Waals surface area contributed by atoms with Crippen LogP contribution >= 0.6 is 11.8 Å². The summed E-state index contributed by atoms with van der Waals surface area (Å²) in [4.78, 5) is 22.1. The van der Waals surface area contributed by atoms with Gasteiger partial charge in [-0.05, 0) is 32.4 Å². The van der Waals surface area contributed by atoms with Crippen molar-refractivity contribution in [1.82, 2.24) is 19.7 Å². The Bertz CT molecular complexity index is 981. The lowest BCUT2D eigenvalue weighted by Gasteiger charge is -2.13. The molecule has 150 valence electrons. The van der Waals surface area contributed by atoms with Gasteiger partial charge in [-0.3, -0.25) is 9.36 Å². The number of nitrogens with zero attached hydrogens (tertiary/aromatic N) is 4. The van der Waals surface area contributed by atoms with E-state index in [-0.39, 0.29) is 17.6 Å². The van der Waals surface area contributed by atoms with Crippen molar-refractivity contribution in [1.29, 1.82) is 0 Å². The Morgan fingerprint density at radius 3 is 2.68 bits per heavy atom. The van der Waals surface area contributed by atoms with Gasteiger partial charge in [0, 0.05) is 19.1 Å². The maximum Gasteiger partial charge on any atom is 0.262 e.